The lowest BCUT2D eigenvalue weighted by molar-refractivity contribution is 0.0400. The molecule has 0 atom stereocenters. The van der Waals surface area contributed by atoms with E-state index in [0.29, 0.717) is 37.3 Å². The maximum absolute atomic E-state index is 12.4. The van der Waals surface area contributed by atoms with Crippen molar-refractivity contribution in [1.82, 2.24) is 10.6 Å². The van der Waals surface area contributed by atoms with Crippen LogP contribution in [0.25, 0.3) is 11.0 Å². The molecule has 1 heterocycles. The molecule has 0 aliphatic heterocycles. The summed E-state index contributed by atoms with van der Waals surface area (Å²) in [5, 5.41) is 5.94. The number of hydrogen-bond acceptors (Lipinski definition) is 8. The highest BCUT2D eigenvalue weighted by Gasteiger charge is 2.16. The molecule has 0 saturated heterocycles. The molecular weight excluding hydrogens is 454 g/mol. The second kappa shape index (κ2) is 13.7. The van der Waals surface area contributed by atoms with Gasteiger partial charge in [0, 0.05) is 43.3 Å². The van der Waals surface area contributed by atoms with Gasteiger partial charge in [0.1, 0.15) is 16.7 Å². The molecule has 0 unspecified atom stereocenters. The van der Waals surface area contributed by atoms with Gasteiger partial charge in [-0.3, -0.25) is 4.79 Å². The Hall–Kier alpha value is -3.11. The van der Waals surface area contributed by atoms with Gasteiger partial charge >= 0.3 is 11.7 Å². The first-order chi connectivity index (χ1) is 16.6. The van der Waals surface area contributed by atoms with Crippen molar-refractivity contribution in [3.8, 4) is 0 Å². The number of ether oxygens (including phenoxy) is 3. The summed E-state index contributed by atoms with van der Waals surface area (Å²) < 4.78 is 21.3. The monoisotopic (exact) mass is 491 g/mol. The number of alkyl carbamates (subject to hydrolysis) is 1. The molecular formula is C25H37N3O7. The average Bonchev–Trinajstić information content (AvgIpc) is 2.79. The lowest BCUT2D eigenvalue weighted by Crippen LogP contribution is -2.34. The largest absolute Gasteiger partial charge is 0.444 e. The van der Waals surface area contributed by atoms with E-state index in [4.69, 9.17) is 18.6 Å². The zero-order valence-electron chi connectivity index (χ0n) is 21.3. The van der Waals surface area contributed by atoms with Crippen LogP contribution in [-0.4, -0.2) is 70.2 Å². The zero-order chi connectivity index (χ0) is 25.8. The molecule has 10 nitrogen and oxygen atoms in total. The van der Waals surface area contributed by atoms with Crippen molar-refractivity contribution >= 4 is 28.7 Å². The third-order valence-electron chi connectivity index (χ3n) is 4.91. The molecule has 1 aromatic heterocycles. The second-order valence-corrected chi connectivity index (χ2v) is 8.75. The number of amides is 2. The first kappa shape index (κ1) is 28.1. The number of anilines is 1. The number of nitrogens with one attached hydrogen (secondary N) is 2. The Morgan fingerprint density at radius 1 is 0.943 bits per heavy atom. The quantitative estimate of drug-likeness (QED) is 0.324. The Kier molecular flexibility index (Phi) is 11.0. The normalized spacial score (nSPS) is 11.3. The van der Waals surface area contributed by atoms with E-state index in [-0.39, 0.29) is 18.7 Å². The van der Waals surface area contributed by atoms with Crippen LogP contribution in [0.2, 0.25) is 0 Å². The Bertz CT molecular complexity index is 1030. The highest BCUT2D eigenvalue weighted by atomic mass is 16.6. The van der Waals surface area contributed by atoms with E-state index in [9.17, 15) is 14.4 Å². The molecule has 0 aliphatic carbocycles. The van der Waals surface area contributed by atoms with Crippen LogP contribution >= 0.6 is 0 Å². The van der Waals surface area contributed by atoms with Crippen LogP contribution in [0.1, 0.15) is 45.0 Å². The smallest absolute Gasteiger partial charge is 0.407 e. The minimum Gasteiger partial charge on any atom is -0.444 e. The van der Waals surface area contributed by atoms with Crippen LogP contribution in [0.5, 0.6) is 0 Å². The highest BCUT2D eigenvalue weighted by molar-refractivity contribution is 5.97. The number of rotatable bonds is 13. The first-order valence-corrected chi connectivity index (χ1v) is 11.9. The minimum atomic E-state index is -0.680. The summed E-state index contributed by atoms with van der Waals surface area (Å²) in [6.07, 6.45) is -0.488. The van der Waals surface area contributed by atoms with E-state index in [0.717, 1.165) is 18.8 Å². The van der Waals surface area contributed by atoms with E-state index in [1.165, 1.54) is 0 Å². The van der Waals surface area contributed by atoms with Crippen molar-refractivity contribution in [3.63, 3.8) is 0 Å². The van der Waals surface area contributed by atoms with Crippen molar-refractivity contribution in [1.29, 1.82) is 0 Å². The minimum absolute atomic E-state index is 0.0473. The zero-order valence-corrected chi connectivity index (χ0v) is 21.3. The number of nitrogens with zero attached hydrogens (tertiary/aromatic N) is 1. The van der Waals surface area contributed by atoms with Gasteiger partial charge in [-0.15, -0.1) is 0 Å². The van der Waals surface area contributed by atoms with Crippen LogP contribution in [0.3, 0.4) is 0 Å². The van der Waals surface area contributed by atoms with Crippen molar-refractivity contribution in [2.45, 2.75) is 40.2 Å². The summed E-state index contributed by atoms with van der Waals surface area (Å²) >= 11 is 0. The third-order valence-corrected chi connectivity index (χ3v) is 4.91. The fraction of sp³-hybridized carbons (Fsp3) is 0.560. The topological polar surface area (TPSA) is 119 Å². The molecule has 0 fully saturated rings. The maximum atomic E-state index is 12.4. The number of carbonyl (C=O) groups is 2. The molecule has 2 amide bonds. The van der Waals surface area contributed by atoms with Gasteiger partial charge < -0.3 is 34.2 Å². The van der Waals surface area contributed by atoms with Gasteiger partial charge in [-0.25, -0.2) is 9.59 Å². The van der Waals surface area contributed by atoms with Crippen LogP contribution in [-0.2, 0) is 14.2 Å². The molecule has 2 aromatic rings. The summed E-state index contributed by atoms with van der Waals surface area (Å²) in [4.78, 5) is 38.4. The summed E-state index contributed by atoms with van der Waals surface area (Å²) in [6, 6.07) is 7.15. The molecule has 1 aromatic carbocycles. The lowest BCUT2D eigenvalue weighted by atomic mass is 10.1. The molecule has 35 heavy (non-hydrogen) atoms. The predicted octanol–water partition coefficient (Wildman–Crippen LogP) is 2.93. The molecule has 2 rings (SSSR count). The Labute approximate surface area is 205 Å². The van der Waals surface area contributed by atoms with Crippen molar-refractivity contribution < 1.29 is 28.2 Å². The molecule has 0 saturated carbocycles. The van der Waals surface area contributed by atoms with Gasteiger partial charge in [-0.2, -0.15) is 0 Å². The van der Waals surface area contributed by atoms with Crippen molar-refractivity contribution in [2.24, 2.45) is 0 Å². The van der Waals surface area contributed by atoms with E-state index in [1.807, 2.05) is 18.2 Å². The van der Waals surface area contributed by atoms with Crippen LogP contribution in [0.4, 0.5) is 10.5 Å². The van der Waals surface area contributed by atoms with Crippen LogP contribution < -0.4 is 21.2 Å². The van der Waals surface area contributed by atoms with Gasteiger partial charge in [0.15, 0.2) is 0 Å². The number of fused-ring (bicyclic) bond motifs is 1. The summed E-state index contributed by atoms with van der Waals surface area (Å²) in [7, 11) is 0. The molecule has 194 valence electrons. The van der Waals surface area contributed by atoms with E-state index < -0.39 is 23.2 Å². The van der Waals surface area contributed by atoms with Gasteiger partial charge in [-0.05, 0) is 52.8 Å². The molecule has 10 heteroatoms. The molecule has 0 radical (unpaired) electrons. The molecule has 0 bridgehead atoms. The molecule has 0 aliphatic rings. The number of benzene rings is 1. The van der Waals surface area contributed by atoms with E-state index in [1.54, 1.807) is 26.8 Å². The predicted molar refractivity (Wildman–Crippen MR) is 134 cm³/mol. The van der Waals surface area contributed by atoms with Crippen molar-refractivity contribution in [3.05, 3.63) is 40.2 Å². The van der Waals surface area contributed by atoms with E-state index in [2.05, 4.69) is 29.4 Å². The maximum Gasteiger partial charge on any atom is 0.407 e. The standard InChI is InChI=1S/C25H37N3O7/c1-6-28(7-2)19-9-8-18-16-20(23(30)34-21(18)17-19)22(29)26-10-12-32-14-15-33-13-11-27-24(31)35-25(3,4)5/h8-9,16-17H,6-7,10-15H2,1-5H3,(H,26,29)(H,27,31). The van der Waals surface area contributed by atoms with Gasteiger partial charge in [-0.1, -0.05) is 0 Å². The Morgan fingerprint density at radius 3 is 2.17 bits per heavy atom. The average molecular weight is 492 g/mol. The van der Waals surface area contributed by atoms with Crippen LogP contribution in [0, 0.1) is 0 Å². The van der Waals surface area contributed by atoms with Gasteiger partial charge in [0.25, 0.3) is 5.91 Å². The Balaban J connectivity index is 1.68. The number of hydrogen-bond donors (Lipinski definition) is 2. The third kappa shape index (κ3) is 9.58. The van der Waals surface area contributed by atoms with Gasteiger partial charge in [0.05, 0.1) is 26.4 Å². The second-order valence-electron chi connectivity index (χ2n) is 8.75. The number of carbonyl (C=O) groups excluding carboxylic acids is 2. The van der Waals surface area contributed by atoms with Crippen molar-refractivity contribution in [2.75, 3.05) is 57.5 Å². The van der Waals surface area contributed by atoms with Gasteiger partial charge in [0.2, 0.25) is 0 Å². The first-order valence-electron chi connectivity index (χ1n) is 11.9. The molecule has 2 N–H and O–H groups in total. The summed E-state index contributed by atoms with van der Waals surface area (Å²) in [5.74, 6) is -0.512. The fourth-order valence-corrected chi connectivity index (χ4v) is 3.24. The summed E-state index contributed by atoms with van der Waals surface area (Å²) in [6.45, 7) is 13.0. The molecule has 0 spiro atoms. The lowest BCUT2D eigenvalue weighted by Gasteiger charge is -2.21. The summed E-state index contributed by atoms with van der Waals surface area (Å²) in [5.41, 5.74) is 0.139. The fourth-order valence-electron chi connectivity index (χ4n) is 3.24. The van der Waals surface area contributed by atoms with Crippen LogP contribution in [0.15, 0.2) is 33.5 Å². The van der Waals surface area contributed by atoms with E-state index >= 15 is 0 Å². The highest BCUT2D eigenvalue weighted by Crippen LogP contribution is 2.22. The SMILES string of the molecule is CCN(CC)c1ccc2cc(C(=O)NCCOCCOCCNC(=O)OC(C)(C)C)c(=O)oc2c1. The Morgan fingerprint density at radius 2 is 1.57 bits per heavy atom.